The Labute approximate surface area is 106 Å². The zero-order valence-corrected chi connectivity index (χ0v) is 11.8. The quantitative estimate of drug-likeness (QED) is 0.798. The van der Waals surface area contributed by atoms with Crippen LogP contribution >= 0.6 is 0 Å². The van der Waals surface area contributed by atoms with E-state index < -0.39 is 0 Å². The predicted octanol–water partition coefficient (Wildman–Crippen LogP) is 2.13. The Morgan fingerprint density at radius 2 is 2.12 bits per heavy atom. The summed E-state index contributed by atoms with van der Waals surface area (Å²) in [6.07, 6.45) is 3.23. The van der Waals surface area contributed by atoms with Crippen LogP contribution in [0.2, 0.25) is 0 Å². The molecule has 3 nitrogen and oxygen atoms in total. The molecule has 2 unspecified atom stereocenters. The van der Waals surface area contributed by atoms with Crippen LogP contribution in [0.3, 0.4) is 0 Å². The summed E-state index contributed by atoms with van der Waals surface area (Å²) in [5.41, 5.74) is 0. The maximum absolute atomic E-state index is 12.0. The molecule has 0 aromatic rings. The first-order valence-corrected chi connectivity index (χ1v) is 6.95. The van der Waals surface area contributed by atoms with Crippen molar-refractivity contribution >= 4 is 5.91 Å². The van der Waals surface area contributed by atoms with Crippen molar-refractivity contribution in [3.8, 4) is 0 Å². The average Bonchev–Trinajstić information content (AvgIpc) is 2.29. The van der Waals surface area contributed by atoms with Gasteiger partial charge in [0.1, 0.15) is 0 Å². The van der Waals surface area contributed by atoms with Gasteiger partial charge in [0.05, 0.1) is 0 Å². The molecule has 1 saturated heterocycles. The first kappa shape index (κ1) is 14.5. The van der Waals surface area contributed by atoms with Crippen LogP contribution < -0.4 is 5.32 Å². The van der Waals surface area contributed by atoms with Gasteiger partial charge >= 0.3 is 0 Å². The summed E-state index contributed by atoms with van der Waals surface area (Å²) in [5.74, 6) is 2.04. The van der Waals surface area contributed by atoms with Crippen molar-refractivity contribution in [2.24, 2.45) is 17.8 Å². The Bertz CT molecular complexity index is 234. The van der Waals surface area contributed by atoms with Crippen LogP contribution in [0, 0.1) is 17.8 Å². The van der Waals surface area contributed by atoms with Crippen LogP contribution in [0.4, 0.5) is 0 Å². The van der Waals surface area contributed by atoms with Gasteiger partial charge in [0.25, 0.3) is 0 Å². The third-order valence-electron chi connectivity index (χ3n) is 3.70. The number of hydrogen-bond donors (Lipinski definition) is 1. The zero-order chi connectivity index (χ0) is 12.8. The Morgan fingerprint density at radius 3 is 2.65 bits per heavy atom. The lowest BCUT2D eigenvalue weighted by Gasteiger charge is -2.29. The first-order chi connectivity index (χ1) is 8.00. The SMILES string of the molecule is CC(C)CN(C)C(=O)CC(C)C1CCCNC1. The summed E-state index contributed by atoms with van der Waals surface area (Å²) in [6, 6.07) is 0. The third-order valence-corrected chi connectivity index (χ3v) is 3.70. The number of piperidine rings is 1. The number of carbonyl (C=O) groups is 1. The molecule has 1 N–H and O–H groups in total. The molecule has 0 saturated carbocycles. The van der Waals surface area contributed by atoms with E-state index in [0.29, 0.717) is 30.1 Å². The molecule has 1 aliphatic heterocycles. The van der Waals surface area contributed by atoms with Crippen molar-refractivity contribution in [3.63, 3.8) is 0 Å². The molecule has 100 valence electrons. The van der Waals surface area contributed by atoms with Gasteiger partial charge in [0.15, 0.2) is 0 Å². The Kier molecular flexibility index (Phi) is 5.96. The van der Waals surface area contributed by atoms with E-state index in [9.17, 15) is 4.79 Å². The largest absolute Gasteiger partial charge is 0.345 e. The van der Waals surface area contributed by atoms with Crippen LogP contribution in [0.15, 0.2) is 0 Å². The van der Waals surface area contributed by atoms with Gasteiger partial charge in [-0.15, -0.1) is 0 Å². The molecule has 0 aromatic carbocycles. The van der Waals surface area contributed by atoms with E-state index in [1.165, 1.54) is 12.8 Å². The third kappa shape index (κ3) is 5.07. The maximum Gasteiger partial charge on any atom is 0.222 e. The minimum atomic E-state index is 0.303. The van der Waals surface area contributed by atoms with E-state index in [1.807, 2.05) is 11.9 Å². The van der Waals surface area contributed by atoms with Gasteiger partial charge in [-0.2, -0.15) is 0 Å². The van der Waals surface area contributed by atoms with E-state index in [4.69, 9.17) is 0 Å². The smallest absolute Gasteiger partial charge is 0.222 e. The molecular formula is C14H28N2O. The van der Waals surface area contributed by atoms with E-state index in [0.717, 1.165) is 19.6 Å². The molecule has 1 aliphatic rings. The van der Waals surface area contributed by atoms with Crippen LogP contribution in [0.5, 0.6) is 0 Å². The van der Waals surface area contributed by atoms with Crippen molar-refractivity contribution in [2.75, 3.05) is 26.7 Å². The van der Waals surface area contributed by atoms with Crippen molar-refractivity contribution in [1.29, 1.82) is 0 Å². The van der Waals surface area contributed by atoms with E-state index in [-0.39, 0.29) is 0 Å². The molecule has 1 rings (SSSR count). The van der Waals surface area contributed by atoms with Gasteiger partial charge in [0.2, 0.25) is 5.91 Å². The second-order valence-corrected chi connectivity index (χ2v) is 5.96. The monoisotopic (exact) mass is 240 g/mol. The number of nitrogens with one attached hydrogen (secondary N) is 1. The molecule has 0 radical (unpaired) electrons. The molecule has 0 aliphatic carbocycles. The summed E-state index contributed by atoms with van der Waals surface area (Å²) >= 11 is 0. The number of rotatable bonds is 5. The second kappa shape index (κ2) is 7.00. The van der Waals surface area contributed by atoms with Gasteiger partial charge in [-0.1, -0.05) is 20.8 Å². The average molecular weight is 240 g/mol. The standard InChI is InChI=1S/C14H28N2O/c1-11(2)10-16(4)14(17)8-12(3)13-6-5-7-15-9-13/h11-13,15H,5-10H2,1-4H3. The van der Waals surface area contributed by atoms with Crippen LogP contribution in [0.1, 0.15) is 40.0 Å². The lowest BCUT2D eigenvalue weighted by atomic mass is 9.85. The summed E-state index contributed by atoms with van der Waals surface area (Å²) < 4.78 is 0. The predicted molar refractivity (Wildman–Crippen MR) is 71.8 cm³/mol. The van der Waals surface area contributed by atoms with Crippen LogP contribution in [-0.2, 0) is 4.79 Å². The van der Waals surface area contributed by atoms with Gasteiger partial charge in [0, 0.05) is 20.0 Å². The summed E-state index contributed by atoms with van der Waals surface area (Å²) in [4.78, 5) is 13.9. The van der Waals surface area contributed by atoms with Crippen LogP contribution in [-0.4, -0.2) is 37.5 Å². The molecule has 17 heavy (non-hydrogen) atoms. The molecule has 1 heterocycles. The number of amides is 1. The lowest BCUT2D eigenvalue weighted by Crippen LogP contribution is -2.36. The highest BCUT2D eigenvalue weighted by Crippen LogP contribution is 2.23. The highest BCUT2D eigenvalue weighted by atomic mass is 16.2. The van der Waals surface area contributed by atoms with Gasteiger partial charge < -0.3 is 10.2 Å². The lowest BCUT2D eigenvalue weighted by molar-refractivity contribution is -0.131. The summed E-state index contributed by atoms with van der Waals surface area (Å²) in [6.45, 7) is 9.62. The zero-order valence-electron chi connectivity index (χ0n) is 11.8. The molecule has 2 atom stereocenters. The van der Waals surface area contributed by atoms with E-state index >= 15 is 0 Å². The fourth-order valence-electron chi connectivity index (χ4n) is 2.61. The molecule has 1 fully saturated rings. The normalized spacial score (nSPS) is 22.5. The van der Waals surface area contributed by atoms with Gasteiger partial charge in [-0.05, 0) is 43.7 Å². The van der Waals surface area contributed by atoms with Crippen molar-refractivity contribution in [3.05, 3.63) is 0 Å². The van der Waals surface area contributed by atoms with Crippen molar-refractivity contribution < 1.29 is 4.79 Å². The maximum atomic E-state index is 12.0. The molecule has 0 aromatic heterocycles. The van der Waals surface area contributed by atoms with Crippen molar-refractivity contribution in [1.82, 2.24) is 10.2 Å². The molecule has 0 spiro atoms. The number of hydrogen-bond acceptors (Lipinski definition) is 2. The first-order valence-electron chi connectivity index (χ1n) is 6.95. The minimum Gasteiger partial charge on any atom is -0.345 e. The topological polar surface area (TPSA) is 32.3 Å². The number of nitrogens with zero attached hydrogens (tertiary/aromatic N) is 1. The van der Waals surface area contributed by atoms with Crippen LogP contribution in [0.25, 0.3) is 0 Å². The number of carbonyl (C=O) groups excluding carboxylic acids is 1. The fourth-order valence-corrected chi connectivity index (χ4v) is 2.61. The molecule has 3 heteroatoms. The summed E-state index contributed by atoms with van der Waals surface area (Å²) in [7, 11) is 1.92. The van der Waals surface area contributed by atoms with Gasteiger partial charge in [-0.25, -0.2) is 0 Å². The fraction of sp³-hybridized carbons (Fsp3) is 0.929. The molecule has 0 bridgehead atoms. The second-order valence-electron chi connectivity index (χ2n) is 5.96. The Morgan fingerprint density at radius 1 is 1.41 bits per heavy atom. The molecular weight excluding hydrogens is 212 g/mol. The Balaban J connectivity index is 2.33. The summed E-state index contributed by atoms with van der Waals surface area (Å²) in [5, 5.41) is 3.43. The van der Waals surface area contributed by atoms with Crippen molar-refractivity contribution in [2.45, 2.75) is 40.0 Å². The molecule has 1 amide bonds. The highest BCUT2D eigenvalue weighted by Gasteiger charge is 2.23. The minimum absolute atomic E-state index is 0.303. The Hall–Kier alpha value is -0.570. The van der Waals surface area contributed by atoms with E-state index in [2.05, 4.69) is 26.1 Å². The highest BCUT2D eigenvalue weighted by molar-refractivity contribution is 5.76. The van der Waals surface area contributed by atoms with Gasteiger partial charge in [-0.3, -0.25) is 4.79 Å². The van der Waals surface area contributed by atoms with E-state index in [1.54, 1.807) is 0 Å².